The summed E-state index contributed by atoms with van der Waals surface area (Å²) in [6.45, 7) is 2.24. The van der Waals surface area contributed by atoms with Crippen LogP contribution in [0.25, 0.3) is 0 Å². The number of hydrogen-bond donors (Lipinski definition) is 2. The van der Waals surface area contributed by atoms with Crippen LogP contribution in [0.5, 0.6) is 5.75 Å². The van der Waals surface area contributed by atoms with E-state index < -0.39 is 0 Å². The van der Waals surface area contributed by atoms with Crippen LogP contribution in [0, 0.1) is 6.92 Å². The van der Waals surface area contributed by atoms with Crippen LogP contribution in [0.2, 0.25) is 0 Å². The van der Waals surface area contributed by atoms with Crippen LogP contribution in [0.3, 0.4) is 0 Å². The fraction of sp³-hybridized carbons (Fsp3) is 0.364. The molecule has 0 saturated carbocycles. The first-order chi connectivity index (χ1) is 7.17. The molecule has 4 nitrogen and oxygen atoms in total. The summed E-state index contributed by atoms with van der Waals surface area (Å²) in [6, 6.07) is 5.54. The molecule has 1 aromatic carbocycles. The second-order valence-corrected chi connectivity index (χ2v) is 3.26. The molecule has 0 radical (unpaired) electrons. The fourth-order valence-electron chi connectivity index (χ4n) is 1.26. The molecule has 0 aliphatic heterocycles. The number of ether oxygens (including phenoxy) is 1. The molecule has 1 aromatic rings. The molecule has 0 fully saturated rings. The third-order valence-corrected chi connectivity index (χ3v) is 2.04. The smallest absolute Gasteiger partial charge is 0.238 e. The van der Waals surface area contributed by atoms with Gasteiger partial charge in [0.25, 0.3) is 0 Å². The molecule has 0 aromatic heterocycles. The first kappa shape index (κ1) is 11.5. The van der Waals surface area contributed by atoms with Crippen molar-refractivity contribution >= 4 is 11.6 Å². The number of benzene rings is 1. The molecule has 0 spiro atoms. The molecule has 82 valence electrons. The zero-order valence-corrected chi connectivity index (χ0v) is 9.26. The van der Waals surface area contributed by atoms with E-state index in [1.165, 1.54) is 0 Å². The maximum atomic E-state index is 11.3. The molecule has 0 aliphatic rings. The van der Waals surface area contributed by atoms with Gasteiger partial charge in [0.1, 0.15) is 5.75 Å². The normalized spacial score (nSPS) is 9.80. The predicted molar refractivity (Wildman–Crippen MR) is 60.3 cm³/mol. The molecule has 0 heterocycles. The Bertz CT molecular complexity index is 350. The van der Waals surface area contributed by atoms with Crippen LogP contribution in [0.1, 0.15) is 5.56 Å². The van der Waals surface area contributed by atoms with Gasteiger partial charge in [-0.3, -0.25) is 4.79 Å². The number of nitrogens with one attached hydrogen (secondary N) is 2. The zero-order valence-electron chi connectivity index (χ0n) is 9.26. The van der Waals surface area contributed by atoms with Crippen molar-refractivity contribution in [1.29, 1.82) is 0 Å². The van der Waals surface area contributed by atoms with Gasteiger partial charge < -0.3 is 15.4 Å². The highest BCUT2D eigenvalue weighted by atomic mass is 16.5. The van der Waals surface area contributed by atoms with E-state index in [0.717, 1.165) is 17.0 Å². The largest absolute Gasteiger partial charge is 0.497 e. The van der Waals surface area contributed by atoms with Gasteiger partial charge in [-0.2, -0.15) is 0 Å². The van der Waals surface area contributed by atoms with Crippen molar-refractivity contribution in [1.82, 2.24) is 5.32 Å². The maximum absolute atomic E-state index is 11.3. The summed E-state index contributed by atoms with van der Waals surface area (Å²) >= 11 is 0. The molecule has 4 heteroatoms. The van der Waals surface area contributed by atoms with Crippen molar-refractivity contribution in [2.24, 2.45) is 0 Å². The number of anilines is 1. The molecule has 2 N–H and O–H groups in total. The minimum Gasteiger partial charge on any atom is -0.497 e. The molecule has 0 saturated heterocycles. The van der Waals surface area contributed by atoms with Crippen LogP contribution in [-0.2, 0) is 4.79 Å². The second-order valence-electron chi connectivity index (χ2n) is 3.26. The van der Waals surface area contributed by atoms with Crippen LogP contribution in [0.4, 0.5) is 5.69 Å². The molecule has 1 amide bonds. The Morgan fingerprint density at radius 3 is 2.73 bits per heavy atom. The molecule has 1 rings (SSSR count). The monoisotopic (exact) mass is 208 g/mol. The first-order valence-electron chi connectivity index (χ1n) is 4.76. The average Bonchev–Trinajstić information content (AvgIpc) is 2.21. The third-order valence-electron chi connectivity index (χ3n) is 2.04. The number of carbonyl (C=O) groups excluding carboxylic acids is 1. The highest BCUT2D eigenvalue weighted by Gasteiger charge is 2.04. The maximum Gasteiger partial charge on any atom is 0.238 e. The summed E-state index contributed by atoms with van der Waals surface area (Å²) in [5, 5.41) is 5.60. The SMILES string of the molecule is CNCC(=O)Nc1ccc(OC)cc1C. The summed E-state index contributed by atoms with van der Waals surface area (Å²) in [5.74, 6) is 0.741. The number of likely N-dealkylation sites (N-methyl/N-ethyl adjacent to an activating group) is 1. The predicted octanol–water partition coefficient (Wildman–Crippen LogP) is 1.16. The quantitative estimate of drug-likeness (QED) is 0.780. The van der Waals surface area contributed by atoms with E-state index in [2.05, 4.69) is 10.6 Å². The Kier molecular flexibility index (Phi) is 4.12. The average molecular weight is 208 g/mol. The molecular weight excluding hydrogens is 192 g/mol. The summed E-state index contributed by atoms with van der Waals surface area (Å²) in [6.07, 6.45) is 0. The van der Waals surface area contributed by atoms with Crippen LogP contribution >= 0.6 is 0 Å². The molecule has 15 heavy (non-hydrogen) atoms. The lowest BCUT2D eigenvalue weighted by Gasteiger charge is -2.09. The lowest BCUT2D eigenvalue weighted by Crippen LogP contribution is -2.25. The van der Waals surface area contributed by atoms with Gasteiger partial charge in [0.05, 0.1) is 13.7 Å². The Hall–Kier alpha value is -1.55. The van der Waals surface area contributed by atoms with Crippen molar-refractivity contribution in [3.63, 3.8) is 0 Å². The van der Waals surface area contributed by atoms with E-state index in [4.69, 9.17) is 4.74 Å². The second kappa shape index (κ2) is 5.36. The summed E-state index contributed by atoms with van der Waals surface area (Å²) in [5.41, 5.74) is 1.80. The van der Waals surface area contributed by atoms with Gasteiger partial charge in [-0.1, -0.05) is 0 Å². The van der Waals surface area contributed by atoms with Gasteiger partial charge in [-0.15, -0.1) is 0 Å². The van der Waals surface area contributed by atoms with Crippen molar-refractivity contribution in [3.8, 4) is 5.75 Å². The Morgan fingerprint density at radius 1 is 1.47 bits per heavy atom. The highest BCUT2D eigenvalue weighted by molar-refractivity contribution is 5.93. The highest BCUT2D eigenvalue weighted by Crippen LogP contribution is 2.20. The minimum absolute atomic E-state index is 0.0502. The molecule has 0 bridgehead atoms. The number of hydrogen-bond acceptors (Lipinski definition) is 3. The van der Waals surface area contributed by atoms with E-state index in [9.17, 15) is 4.79 Å². The number of aryl methyl sites for hydroxylation is 1. The molecule has 0 atom stereocenters. The van der Waals surface area contributed by atoms with Crippen molar-refractivity contribution in [3.05, 3.63) is 23.8 Å². The van der Waals surface area contributed by atoms with E-state index in [-0.39, 0.29) is 5.91 Å². The van der Waals surface area contributed by atoms with E-state index in [1.807, 2.05) is 25.1 Å². The van der Waals surface area contributed by atoms with Gasteiger partial charge in [-0.05, 0) is 37.7 Å². The standard InChI is InChI=1S/C11H16N2O2/c1-8-6-9(15-3)4-5-10(8)13-11(14)7-12-2/h4-6,12H,7H2,1-3H3,(H,13,14). The minimum atomic E-state index is -0.0502. The van der Waals surface area contributed by atoms with Crippen LogP contribution in [-0.4, -0.2) is 26.6 Å². The number of carbonyl (C=O) groups is 1. The van der Waals surface area contributed by atoms with E-state index >= 15 is 0 Å². The molecular formula is C11H16N2O2. The van der Waals surface area contributed by atoms with Gasteiger partial charge >= 0.3 is 0 Å². The van der Waals surface area contributed by atoms with E-state index in [1.54, 1.807) is 14.2 Å². The number of methoxy groups -OCH3 is 1. The Morgan fingerprint density at radius 2 is 2.20 bits per heavy atom. The lowest BCUT2D eigenvalue weighted by atomic mass is 10.2. The molecule has 0 unspecified atom stereocenters. The van der Waals surface area contributed by atoms with Gasteiger partial charge in [-0.25, -0.2) is 0 Å². The number of rotatable bonds is 4. The van der Waals surface area contributed by atoms with Crippen molar-refractivity contribution in [2.75, 3.05) is 26.0 Å². The summed E-state index contributed by atoms with van der Waals surface area (Å²) in [4.78, 5) is 11.3. The first-order valence-corrected chi connectivity index (χ1v) is 4.76. The summed E-state index contributed by atoms with van der Waals surface area (Å²) in [7, 11) is 3.36. The van der Waals surface area contributed by atoms with Gasteiger partial charge in [0.2, 0.25) is 5.91 Å². The Balaban J connectivity index is 2.73. The van der Waals surface area contributed by atoms with Gasteiger partial charge in [0.15, 0.2) is 0 Å². The van der Waals surface area contributed by atoms with Crippen LogP contribution < -0.4 is 15.4 Å². The third kappa shape index (κ3) is 3.25. The van der Waals surface area contributed by atoms with E-state index in [0.29, 0.717) is 6.54 Å². The topological polar surface area (TPSA) is 50.4 Å². The summed E-state index contributed by atoms with van der Waals surface area (Å²) < 4.78 is 5.08. The van der Waals surface area contributed by atoms with Crippen molar-refractivity contribution < 1.29 is 9.53 Å². The van der Waals surface area contributed by atoms with Crippen LogP contribution in [0.15, 0.2) is 18.2 Å². The number of amides is 1. The van der Waals surface area contributed by atoms with Crippen molar-refractivity contribution in [2.45, 2.75) is 6.92 Å². The Labute approximate surface area is 89.6 Å². The van der Waals surface area contributed by atoms with Gasteiger partial charge in [0, 0.05) is 5.69 Å². The zero-order chi connectivity index (χ0) is 11.3. The fourth-order valence-corrected chi connectivity index (χ4v) is 1.26. The molecule has 0 aliphatic carbocycles. The lowest BCUT2D eigenvalue weighted by molar-refractivity contribution is -0.115.